The number of hydrogen-bond acceptors (Lipinski definition) is 3. The van der Waals surface area contributed by atoms with E-state index in [1.54, 1.807) is 36.4 Å². The fourth-order valence-electron chi connectivity index (χ4n) is 1.75. The first-order valence-electron chi connectivity index (χ1n) is 5.52. The topological polar surface area (TPSA) is 42.4 Å². The van der Waals surface area contributed by atoms with E-state index in [0.29, 0.717) is 17.8 Å². The molecule has 2 rings (SSSR count). The van der Waals surface area contributed by atoms with Gasteiger partial charge in [0.15, 0.2) is 5.82 Å². The van der Waals surface area contributed by atoms with Gasteiger partial charge in [-0.25, -0.2) is 4.39 Å². The minimum atomic E-state index is -0.389. The lowest BCUT2D eigenvalue weighted by molar-refractivity contribution is 0.505. The van der Waals surface area contributed by atoms with Crippen molar-refractivity contribution >= 4 is 38.8 Å². The zero-order valence-electron chi connectivity index (χ0n) is 10.2. The Kier molecular flexibility index (Phi) is 4.21. The van der Waals surface area contributed by atoms with E-state index in [1.807, 2.05) is 6.07 Å². The maximum absolute atomic E-state index is 14.3. The smallest absolute Gasteiger partial charge is 0.161 e. The first kappa shape index (κ1) is 14.0. The maximum Gasteiger partial charge on any atom is 0.161 e. The highest BCUT2D eigenvalue weighted by Crippen LogP contribution is 2.29. The Balaban J connectivity index is 2.30. The van der Waals surface area contributed by atoms with Crippen molar-refractivity contribution in [2.45, 2.75) is 6.54 Å². The third-order valence-electron chi connectivity index (χ3n) is 2.71. The van der Waals surface area contributed by atoms with Crippen molar-refractivity contribution in [1.29, 1.82) is 0 Å². The van der Waals surface area contributed by atoms with Gasteiger partial charge in [0.2, 0.25) is 0 Å². The summed E-state index contributed by atoms with van der Waals surface area (Å²) in [6.07, 6.45) is 1.59. The Morgan fingerprint density at radius 1 is 1.47 bits per heavy atom. The summed E-state index contributed by atoms with van der Waals surface area (Å²) in [5.74, 6) is 0.371. The highest BCUT2D eigenvalue weighted by atomic mass is 79.9. The molecule has 0 saturated heterocycles. The van der Waals surface area contributed by atoms with Crippen LogP contribution in [-0.4, -0.2) is 12.0 Å². The van der Waals surface area contributed by atoms with E-state index in [2.05, 4.69) is 15.9 Å². The highest BCUT2D eigenvalue weighted by Gasteiger charge is 2.16. The Morgan fingerprint density at radius 3 is 2.79 bits per heavy atom. The van der Waals surface area contributed by atoms with Gasteiger partial charge in [0, 0.05) is 12.6 Å². The normalized spacial score (nSPS) is 10.5. The van der Waals surface area contributed by atoms with E-state index in [4.69, 9.17) is 22.4 Å². The Morgan fingerprint density at radius 2 is 2.21 bits per heavy atom. The highest BCUT2D eigenvalue weighted by molar-refractivity contribution is 9.10. The van der Waals surface area contributed by atoms with Gasteiger partial charge in [0.1, 0.15) is 10.7 Å². The molecule has 3 nitrogen and oxygen atoms in total. The Hall–Kier alpha value is -1.40. The van der Waals surface area contributed by atoms with E-state index in [-0.39, 0.29) is 15.3 Å². The molecule has 0 aliphatic carbocycles. The minimum absolute atomic E-state index is 0.158. The molecule has 2 aromatic rings. The van der Waals surface area contributed by atoms with Gasteiger partial charge >= 0.3 is 0 Å². The number of furan rings is 1. The van der Waals surface area contributed by atoms with Crippen LogP contribution in [0.4, 0.5) is 10.1 Å². The van der Waals surface area contributed by atoms with Crippen molar-refractivity contribution in [3.8, 4) is 0 Å². The molecule has 19 heavy (non-hydrogen) atoms. The van der Waals surface area contributed by atoms with Crippen LogP contribution in [0.2, 0.25) is 0 Å². The van der Waals surface area contributed by atoms with Gasteiger partial charge in [-0.1, -0.05) is 12.2 Å². The van der Waals surface area contributed by atoms with Crippen LogP contribution in [-0.2, 0) is 6.54 Å². The van der Waals surface area contributed by atoms with Crippen LogP contribution in [0.1, 0.15) is 11.3 Å². The predicted molar refractivity (Wildman–Crippen MR) is 80.8 cm³/mol. The van der Waals surface area contributed by atoms with Gasteiger partial charge in [-0.2, -0.15) is 0 Å². The summed E-state index contributed by atoms with van der Waals surface area (Å²) in [5, 5.41) is 0. The van der Waals surface area contributed by atoms with Crippen molar-refractivity contribution in [2.24, 2.45) is 5.73 Å². The molecule has 0 aliphatic rings. The van der Waals surface area contributed by atoms with E-state index < -0.39 is 0 Å². The largest absolute Gasteiger partial charge is 0.467 e. The Labute approximate surface area is 124 Å². The van der Waals surface area contributed by atoms with E-state index in [9.17, 15) is 4.39 Å². The van der Waals surface area contributed by atoms with Gasteiger partial charge in [0.25, 0.3) is 0 Å². The summed E-state index contributed by atoms with van der Waals surface area (Å²) in [6, 6.07) is 6.99. The van der Waals surface area contributed by atoms with Gasteiger partial charge in [-0.05, 0) is 40.2 Å². The molecule has 0 amide bonds. The standard InChI is InChI=1S/C13H12BrFN2OS/c1-17(7-8-3-2-6-18-8)10-5-4-9(13(16)19)11(14)12(10)15/h2-6H,7H2,1H3,(H2,16,19). The molecule has 2 N–H and O–H groups in total. The SMILES string of the molecule is CN(Cc1ccco1)c1ccc(C(N)=S)c(Br)c1F. The number of anilines is 1. The third-order valence-corrected chi connectivity index (χ3v) is 3.71. The molecule has 1 heterocycles. The molecule has 0 atom stereocenters. The summed E-state index contributed by atoms with van der Waals surface area (Å²) in [5.41, 5.74) is 6.46. The van der Waals surface area contributed by atoms with Crippen LogP contribution in [0.15, 0.2) is 39.4 Å². The lowest BCUT2D eigenvalue weighted by Gasteiger charge is -2.20. The summed E-state index contributed by atoms with van der Waals surface area (Å²) in [7, 11) is 1.79. The van der Waals surface area contributed by atoms with Crippen LogP contribution in [0, 0.1) is 5.82 Å². The molecule has 1 aromatic heterocycles. The zero-order valence-corrected chi connectivity index (χ0v) is 12.6. The number of hydrogen-bond donors (Lipinski definition) is 1. The average molecular weight is 343 g/mol. The first-order valence-corrected chi connectivity index (χ1v) is 6.72. The average Bonchev–Trinajstić information content (AvgIpc) is 2.84. The number of halogens is 2. The number of rotatable bonds is 4. The van der Waals surface area contributed by atoms with Crippen LogP contribution in [0.25, 0.3) is 0 Å². The van der Waals surface area contributed by atoms with Crippen molar-refractivity contribution < 1.29 is 8.81 Å². The van der Waals surface area contributed by atoms with E-state index in [1.165, 1.54) is 0 Å². The zero-order chi connectivity index (χ0) is 14.0. The molecule has 0 unspecified atom stereocenters. The van der Waals surface area contributed by atoms with Gasteiger partial charge < -0.3 is 15.1 Å². The van der Waals surface area contributed by atoms with Crippen molar-refractivity contribution in [3.63, 3.8) is 0 Å². The number of nitrogens with two attached hydrogens (primary N) is 1. The molecule has 1 aromatic carbocycles. The molecule has 100 valence electrons. The second-order valence-corrected chi connectivity index (χ2v) is 5.29. The van der Waals surface area contributed by atoms with Crippen molar-refractivity contribution in [1.82, 2.24) is 0 Å². The number of benzene rings is 1. The summed E-state index contributed by atoms with van der Waals surface area (Å²) in [4.78, 5) is 1.91. The number of thiocarbonyl (C=S) groups is 1. The van der Waals surface area contributed by atoms with Crippen molar-refractivity contribution in [2.75, 3.05) is 11.9 Å². The number of nitrogens with zero attached hydrogens (tertiary/aromatic N) is 1. The lowest BCUT2D eigenvalue weighted by Crippen LogP contribution is -2.19. The van der Waals surface area contributed by atoms with Crippen LogP contribution in [0.5, 0.6) is 0 Å². The van der Waals surface area contributed by atoms with Crippen LogP contribution < -0.4 is 10.6 Å². The molecular formula is C13H12BrFN2OS. The van der Waals surface area contributed by atoms with E-state index >= 15 is 0 Å². The second kappa shape index (κ2) is 5.71. The fraction of sp³-hybridized carbons (Fsp3) is 0.154. The van der Waals surface area contributed by atoms with Crippen molar-refractivity contribution in [3.05, 3.63) is 52.1 Å². The fourth-order valence-corrected chi connectivity index (χ4v) is 2.60. The molecule has 6 heteroatoms. The molecule has 0 aliphatic heterocycles. The molecule has 0 bridgehead atoms. The first-order chi connectivity index (χ1) is 9.00. The Bertz CT molecular complexity index is 601. The van der Waals surface area contributed by atoms with Gasteiger partial charge in [-0.15, -0.1) is 0 Å². The lowest BCUT2D eigenvalue weighted by atomic mass is 10.2. The monoisotopic (exact) mass is 342 g/mol. The van der Waals surface area contributed by atoms with Crippen LogP contribution in [0.3, 0.4) is 0 Å². The van der Waals surface area contributed by atoms with E-state index in [0.717, 1.165) is 5.76 Å². The molecular weight excluding hydrogens is 331 g/mol. The summed E-state index contributed by atoms with van der Waals surface area (Å²) >= 11 is 8.05. The molecule has 0 saturated carbocycles. The van der Waals surface area contributed by atoms with Gasteiger partial charge in [-0.3, -0.25) is 0 Å². The second-order valence-electron chi connectivity index (χ2n) is 4.06. The molecule has 0 fully saturated rings. The summed E-state index contributed by atoms with van der Waals surface area (Å²) in [6.45, 7) is 0.475. The van der Waals surface area contributed by atoms with Gasteiger partial charge in [0.05, 0.1) is 23.0 Å². The summed E-state index contributed by atoms with van der Waals surface area (Å²) < 4.78 is 19.8. The molecule has 0 radical (unpaired) electrons. The third kappa shape index (κ3) is 2.96. The predicted octanol–water partition coefficient (Wildman–Crippen LogP) is 3.45. The quantitative estimate of drug-likeness (QED) is 0.864. The maximum atomic E-state index is 14.3. The van der Waals surface area contributed by atoms with Crippen LogP contribution >= 0.6 is 28.1 Å². The molecule has 0 spiro atoms. The minimum Gasteiger partial charge on any atom is -0.467 e.